The molecule has 2 unspecified atom stereocenters. The number of aliphatic hydroxyl groups excluding tert-OH is 1. The zero-order chi connectivity index (χ0) is 12.8. The number of ether oxygens (including phenoxy) is 2. The fourth-order valence-electron chi connectivity index (χ4n) is 3.46. The predicted molar refractivity (Wildman–Crippen MR) is 68.6 cm³/mol. The number of aliphatic hydroxyl groups is 1. The van der Waals surface area contributed by atoms with Crippen LogP contribution in [0, 0.1) is 0 Å². The molecule has 3 nitrogen and oxygen atoms in total. The third-order valence-corrected chi connectivity index (χ3v) is 3.95. The lowest BCUT2D eigenvalue weighted by molar-refractivity contribution is -0.140. The molecule has 3 rings (SSSR count). The normalized spacial score (nSPS) is 39.2. The second-order valence-electron chi connectivity index (χ2n) is 5.71. The van der Waals surface area contributed by atoms with Crippen LogP contribution in [0.25, 0.3) is 0 Å². The molecule has 1 N–H and O–H groups in total. The van der Waals surface area contributed by atoms with E-state index in [-0.39, 0.29) is 17.8 Å². The third kappa shape index (κ3) is 2.02. The summed E-state index contributed by atoms with van der Waals surface area (Å²) in [5, 5.41) is 10.3. The van der Waals surface area contributed by atoms with Gasteiger partial charge in [0.2, 0.25) is 0 Å². The van der Waals surface area contributed by atoms with Crippen LogP contribution in [0.1, 0.15) is 44.8 Å². The number of para-hydroxylation sites is 1. The summed E-state index contributed by atoms with van der Waals surface area (Å²) in [7, 11) is 0. The molecule has 1 aromatic rings. The summed E-state index contributed by atoms with van der Waals surface area (Å²) in [6.45, 7) is 4.15. The molecule has 0 aliphatic carbocycles. The van der Waals surface area contributed by atoms with E-state index in [0.29, 0.717) is 6.42 Å². The SMILES string of the molecule is CC1CC2(CC(C)O1)C[C@@H](O)c1ccccc1O2. The van der Waals surface area contributed by atoms with E-state index in [4.69, 9.17) is 9.47 Å². The van der Waals surface area contributed by atoms with Crippen LogP contribution in [0.5, 0.6) is 5.75 Å². The van der Waals surface area contributed by atoms with Crippen molar-refractivity contribution in [1.82, 2.24) is 0 Å². The van der Waals surface area contributed by atoms with E-state index in [1.165, 1.54) is 0 Å². The molecule has 2 heterocycles. The van der Waals surface area contributed by atoms with E-state index in [9.17, 15) is 5.11 Å². The first kappa shape index (κ1) is 12.0. The molecule has 98 valence electrons. The van der Waals surface area contributed by atoms with Crippen LogP contribution in [0.4, 0.5) is 0 Å². The van der Waals surface area contributed by atoms with Crippen LogP contribution in [0.15, 0.2) is 24.3 Å². The van der Waals surface area contributed by atoms with Crippen LogP contribution in [0.2, 0.25) is 0 Å². The van der Waals surface area contributed by atoms with Crippen LogP contribution < -0.4 is 4.74 Å². The molecule has 18 heavy (non-hydrogen) atoms. The molecule has 0 saturated carbocycles. The van der Waals surface area contributed by atoms with Crippen molar-refractivity contribution >= 4 is 0 Å². The number of hydrogen-bond acceptors (Lipinski definition) is 3. The summed E-state index contributed by atoms with van der Waals surface area (Å²) in [5.41, 5.74) is 0.653. The summed E-state index contributed by atoms with van der Waals surface area (Å²) >= 11 is 0. The van der Waals surface area contributed by atoms with Crippen molar-refractivity contribution in [2.75, 3.05) is 0 Å². The van der Waals surface area contributed by atoms with Crippen molar-refractivity contribution in [2.24, 2.45) is 0 Å². The molecule has 0 aromatic heterocycles. The van der Waals surface area contributed by atoms with E-state index in [1.54, 1.807) is 0 Å². The average Bonchev–Trinajstić information content (AvgIpc) is 2.26. The summed E-state index contributed by atoms with van der Waals surface area (Å²) in [4.78, 5) is 0. The monoisotopic (exact) mass is 248 g/mol. The van der Waals surface area contributed by atoms with Crippen molar-refractivity contribution in [3.63, 3.8) is 0 Å². The second kappa shape index (κ2) is 4.25. The molecule has 2 aliphatic heterocycles. The van der Waals surface area contributed by atoms with Crippen LogP contribution >= 0.6 is 0 Å². The summed E-state index contributed by atoms with van der Waals surface area (Å²) in [5.74, 6) is 0.831. The van der Waals surface area contributed by atoms with Gasteiger partial charge in [-0.2, -0.15) is 0 Å². The minimum Gasteiger partial charge on any atom is -0.487 e. The molecular weight excluding hydrogens is 228 g/mol. The minimum absolute atomic E-state index is 0.186. The van der Waals surface area contributed by atoms with Gasteiger partial charge in [-0.15, -0.1) is 0 Å². The van der Waals surface area contributed by atoms with Gasteiger partial charge >= 0.3 is 0 Å². The van der Waals surface area contributed by atoms with Crippen molar-refractivity contribution < 1.29 is 14.6 Å². The molecule has 1 aromatic carbocycles. The zero-order valence-corrected chi connectivity index (χ0v) is 10.9. The lowest BCUT2D eigenvalue weighted by Crippen LogP contribution is -2.50. The highest BCUT2D eigenvalue weighted by molar-refractivity contribution is 5.38. The van der Waals surface area contributed by atoms with Crippen LogP contribution in [0.3, 0.4) is 0 Å². The van der Waals surface area contributed by atoms with E-state index < -0.39 is 6.10 Å². The minimum atomic E-state index is -0.424. The number of hydrogen-bond donors (Lipinski definition) is 1. The molecule has 3 heteroatoms. The van der Waals surface area contributed by atoms with Crippen LogP contribution in [-0.2, 0) is 4.74 Å². The van der Waals surface area contributed by atoms with Gasteiger partial charge in [0, 0.05) is 24.8 Å². The topological polar surface area (TPSA) is 38.7 Å². The summed E-state index contributed by atoms with van der Waals surface area (Å²) in [6.07, 6.45) is 2.32. The molecule has 1 fully saturated rings. The Kier molecular flexibility index (Phi) is 2.83. The molecule has 0 amide bonds. The lowest BCUT2D eigenvalue weighted by atomic mass is 9.79. The second-order valence-corrected chi connectivity index (χ2v) is 5.71. The molecule has 0 radical (unpaired) electrons. The lowest BCUT2D eigenvalue weighted by Gasteiger charge is -2.46. The molecule has 2 aliphatic rings. The van der Waals surface area contributed by atoms with E-state index in [0.717, 1.165) is 24.2 Å². The Hall–Kier alpha value is -1.06. The summed E-state index contributed by atoms with van der Waals surface area (Å²) in [6, 6.07) is 7.79. The Morgan fingerprint density at radius 2 is 1.78 bits per heavy atom. The van der Waals surface area contributed by atoms with Crippen LogP contribution in [-0.4, -0.2) is 22.9 Å². The standard InChI is InChI=1S/C15H20O3/c1-10-7-15(8-11(2)17-10)9-13(16)12-5-3-4-6-14(12)18-15/h3-6,10-11,13,16H,7-9H2,1-2H3/t10?,11?,13-,15?/m1/s1. The number of benzene rings is 1. The van der Waals surface area contributed by atoms with Crippen molar-refractivity contribution in [3.05, 3.63) is 29.8 Å². The Bertz CT molecular complexity index is 433. The fourth-order valence-corrected chi connectivity index (χ4v) is 3.46. The summed E-state index contributed by atoms with van der Waals surface area (Å²) < 4.78 is 12.0. The van der Waals surface area contributed by atoms with Gasteiger partial charge in [-0.05, 0) is 19.9 Å². The number of fused-ring (bicyclic) bond motifs is 1. The van der Waals surface area contributed by atoms with E-state index in [1.807, 2.05) is 24.3 Å². The van der Waals surface area contributed by atoms with Gasteiger partial charge in [-0.25, -0.2) is 0 Å². The zero-order valence-electron chi connectivity index (χ0n) is 10.9. The Morgan fingerprint density at radius 3 is 2.50 bits per heavy atom. The fraction of sp³-hybridized carbons (Fsp3) is 0.600. The third-order valence-electron chi connectivity index (χ3n) is 3.95. The highest BCUT2D eigenvalue weighted by atomic mass is 16.5. The first-order valence-corrected chi connectivity index (χ1v) is 6.69. The highest BCUT2D eigenvalue weighted by Crippen LogP contribution is 2.45. The average molecular weight is 248 g/mol. The molecule has 1 saturated heterocycles. The maximum atomic E-state index is 10.3. The quantitative estimate of drug-likeness (QED) is 0.767. The van der Waals surface area contributed by atoms with Gasteiger partial charge in [0.15, 0.2) is 0 Å². The predicted octanol–water partition coefficient (Wildman–Crippen LogP) is 2.83. The van der Waals surface area contributed by atoms with E-state index in [2.05, 4.69) is 13.8 Å². The van der Waals surface area contributed by atoms with Crippen molar-refractivity contribution in [2.45, 2.75) is 57.0 Å². The molecule has 1 spiro atoms. The van der Waals surface area contributed by atoms with Crippen molar-refractivity contribution in [3.8, 4) is 5.75 Å². The van der Waals surface area contributed by atoms with Gasteiger partial charge in [-0.1, -0.05) is 18.2 Å². The van der Waals surface area contributed by atoms with Gasteiger partial charge in [-0.3, -0.25) is 0 Å². The first-order chi connectivity index (χ1) is 8.58. The highest BCUT2D eigenvalue weighted by Gasteiger charge is 2.45. The number of rotatable bonds is 0. The van der Waals surface area contributed by atoms with E-state index >= 15 is 0 Å². The van der Waals surface area contributed by atoms with Gasteiger partial charge in [0.1, 0.15) is 11.4 Å². The van der Waals surface area contributed by atoms with Gasteiger partial charge in [0.25, 0.3) is 0 Å². The smallest absolute Gasteiger partial charge is 0.125 e. The maximum absolute atomic E-state index is 10.3. The Morgan fingerprint density at radius 1 is 1.11 bits per heavy atom. The first-order valence-electron chi connectivity index (χ1n) is 6.69. The molecule has 3 atom stereocenters. The van der Waals surface area contributed by atoms with Gasteiger partial charge in [0.05, 0.1) is 18.3 Å². The Labute approximate surface area is 108 Å². The maximum Gasteiger partial charge on any atom is 0.125 e. The molecular formula is C15H20O3. The molecule has 0 bridgehead atoms. The van der Waals surface area contributed by atoms with Gasteiger partial charge < -0.3 is 14.6 Å². The van der Waals surface area contributed by atoms with Crippen molar-refractivity contribution in [1.29, 1.82) is 0 Å². The Balaban J connectivity index is 1.93. The largest absolute Gasteiger partial charge is 0.487 e.